The number of carbonyl (C=O) groups is 2. The molecule has 0 N–H and O–H groups in total. The third-order valence-electron chi connectivity index (χ3n) is 5.07. The molecule has 0 saturated carbocycles. The van der Waals surface area contributed by atoms with Crippen molar-refractivity contribution in [2.24, 2.45) is 0 Å². The molecule has 3 aromatic rings. The van der Waals surface area contributed by atoms with Crippen LogP contribution < -0.4 is 0 Å². The summed E-state index contributed by atoms with van der Waals surface area (Å²) in [6.45, 7) is 3.84. The van der Waals surface area contributed by atoms with Gasteiger partial charge in [-0.25, -0.2) is 4.79 Å². The Labute approximate surface area is 188 Å². The molecule has 5 nitrogen and oxygen atoms in total. The Morgan fingerprint density at radius 1 is 0.688 bits per heavy atom. The normalized spacial score (nSPS) is 12.1. The fraction of sp³-hybridized carbons (Fsp3) is 0.259. The van der Waals surface area contributed by atoms with Gasteiger partial charge in [0.15, 0.2) is 6.10 Å². The van der Waals surface area contributed by atoms with Crippen molar-refractivity contribution in [3.63, 3.8) is 0 Å². The van der Waals surface area contributed by atoms with Gasteiger partial charge in [-0.2, -0.15) is 0 Å². The maximum Gasteiger partial charge on any atom is 0.335 e. The Hall–Kier alpha value is -3.44. The van der Waals surface area contributed by atoms with Gasteiger partial charge in [0.05, 0.1) is 19.6 Å². The summed E-state index contributed by atoms with van der Waals surface area (Å²) in [4.78, 5) is 25.2. The van der Waals surface area contributed by atoms with Crippen LogP contribution in [0.2, 0.25) is 0 Å². The lowest BCUT2D eigenvalue weighted by atomic mass is 9.80. The van der Waals surface area contributed by atoms with Crippen LogP contribution in [0.4, 0.5) is 0 Å². The molecule has 0 aromatic heterocycles. The highest BCUT2D eigenvalue weighted by Crippen LogP contribution is 2.41. The predicted molar refractivity (Wildman–Crippen MR) is 122 cm³/mol. The summed E-state index contributed by atoms with van der Waals surface area (Å²) in [5.41, 5.74) is 1.34. The van der Waals surface area contributed by atoms with E-state index in [0.717, 1.165) is 16.7 Å². The molecule has 5 heteroatoms. The molecule has 32 heavy (non-hydrogen) atoms. The van der Waals surface area contributed by atoms with Gasteiger partial charge in [0.25, 0.3) is 0 Å². The van der Waals surface area contributed by atoms with Crippen LogP contribution in [-0.4, -0.2) is 31.3 Å². The average molecular weight is 433 g/mol. The van der Waals surface area contributed by atoms with Crippen LogP contribution in [0.3, 0.4) is 0 Å². The summed E-state index contributed by atoms with van der Waals surface area (Å²) in [6.07, 6.45) is -1.41. The molecule has 0 aliphatic carbocycles. The van der Waals surface area contributed by atoms with E-state index in [1.165, 1.54) is 0 Å². The molecule has 0 amide bonds. The van der Waals surface area contributed by atoms with E-state index in [0.29, 0.717) is 0 Å². The van der Waals surface area contributed by atoms with Crippen molar-refractivity contribution in [2.45, 2.75) is 32.0 Å². The highest BCUT2D eigenvalue weighted by Gasteiger charge is 2.42. The Morgan fingerprint density at radius 2 is 1.09 bits per heavy atom. The number of hydrogen-bond donors (Lipinski definition) is 0. The third kappa shape index (κ3) is 5.24. The highest BCUT2D eigenvalue weighted by molar-refractivity contribution is 5.82. The van der Waals surface area contributed by atoms with Gasteiger partial charge in [-0.15, -0.1) is 0 Å². The molecule has 3 rings (SSSR count). The average Bonchev–Trinajstić information content (AvgIpc) is 2.84. The van der Waals surface area contributed by atoms with E-state index in [9.17, 15) is 9.59 Å². The lowest BCUT2D eigenvalue weighted by Crippen LogP contribution is -2.41. The second-order valence-corrected chi connectivity index (χ2v) is 7.15. The predicted octanol–water partition coefficient (Wildman–Crippen LogP) is 4.88. The minimum atomic E-state index is -1.16. The highest BCUT2D eigenvalue weighted by atomic mass is 16.6. The molecule has 0 radical (unpaired) electrons. The standard InChI is InChI=1S/C27H28O5/c1-3-30-25(28)20-24(26(29)31-4-2)32-27(21-14-8-5-9-15-21,22-16-10-6-11-17-22)23-18-12-7-13-19-23/h5-19,24H,3-4,20H2,1-2H3/t24-/m0/s1. The molecule has 0 bridgehead atoms. The van der Waals surface area contributed by atoms with E-state index in [1.54, 1.807) is 13.8 Å². The molecule has 0 aliphatic rings. The zero-order valence-electron chi connectivity index (χ0n) is 18.4. The van der Waals surface area contributed by atoms with Gasteiger partial charge in [0, 0.05) is 0 Å². The molecule has 3 aromatic carbocycles. The first-order valence-electron chi connectivity index (χ1n) is 10.8. The fourth-order valence-electron chi connectivity index (χ4n) is 3.72. The van der Waals surface area contributed by atoms with Crippen LogP contribution in [0.15, 0.2) is 91.0 Å². The molecule has 0 spiro atoms. The lowest BCUT2D eigenvalue weighted by Gasteiger charge is -2.38. The van der Waals surface area contributed by atoms with E-state index >= 15 is 0 Å². The number of carbonyl (C=O) groups excluding carboxylic acids is 2. The smallest absolute Gasteiger partial charge is 0.335 e. The minimum Gasteiger partial charge on any atom is -0.466 e. The molecule has 166 valence electrons. The van der Waals surface area contributed by atoms with Crippen LogP contribution in [0.1, 0.15) is 37.0 Å². The van der Waals surface area contributed by atoms with Crippen molar-refractivity contribution < 1.29 is 23.8 Å². The summed E-state index contributed by atoms with van der Waals surface area (Å²) < 4.78 is 17.0. The van der Waals surface area contributed by atoms with Crippen molar-refractivity contribution in [2.75, 3.05) is 13.2 Å². The molecule has 0 saturated heterocycles. The summed E-state index contributed by atoms with van der Waals surface area (Å²) in [5.74, 6) is -1.12. The van der Waals surface area contributed by atoms with E-state index < -0.39 is 23.6 Å². The zero-order chi connectivity index (χ0) is 22.8. The number of rotatable bonds is 10. The SMILES string of the molecule is CCOC(=O)C[C@H](OC(c1ccccc1)(c1ccccc1)c1ccccc1)C(=O)OCC. The van der Waals surface area contributed by atoms with E-state index in [1.807, 2.05) is 91.0 Å². The molecular weight excluding hydrogens is 404 g/mol. The largest absolute Gasteiger partial charge is 0.466 e. The van der Waals surface area contributed by atoms with Crippen LogP contribution in [0.5, 0.6) is 0 Å². The van der Waals surface area contributed by atoms with E-state index in [2.05, 4.69) is 0 Å². The maximum atomic E-state index is 12.9. The molecule has 1 atom stereocenters. The van der Waals surface area contributed by atoms with Gasteiger partial charge in [-0.1, -0.05) is 91.0 Å². The Morgan fingerprint density at radius 3 is 1.47 bits per heavy atom. The lowest BCUT2D eigenvalue weighted by molar-refractivity contribution is -0.171. The number of ether oxygens (including phenoxy) is 3. The van der Waals surface area contributed by atoms with Crippen LogP contribution in [-0.2, 0) is 29.4 Å². The van der Waals surface area contributed by atoms with Crippen molar-refractivity contribution in [3.05, 3.63) is 108 Å². The van der Waals surface area contributed by atoms with Crippen LogP contribution >= 0.6 is 0 Å². The van der Waals surface area contributed by atoms with E-state index in [-0.39, 0.29) is 19.6 Å². The number of hydrogen-bond acceptors (Lipinski definition) is 5. The van der Waals surface area contributed by atoms with Crippen LogP contribution in [0.25, 0.3) is 0 Å². The van der Waals surface area contributed by atoms with Crippen molar-refractivity contribution in [3.8, 4) is 0 Å². The van der Waals surface area contributed by atoms with E-state index in [4.69, 9.17) is 14.2 Å². The molecule has 0 unspecified atom stereocenters. The first-order valence-corrected chi connectivity index (χ1v) is 10.8. The first kappa shape index (κ1) is 23.2. The summed E-state index contributed by atoms with van der Waals surface area (Å²) >= 11 is 0. The van der Waals surface area contributed by atoms with Gasteiger partial charge < -0.3 is 14.2 Å². The van der Waals surface area contributed by atoms with Gasteiger partial charge in [-0.05, 0) is 30.5 Å². The fourth-order valence-corrected chi connectivity index (χ4v) is 3.72. The second kappa shape index (κ2) is 11.3. The molecule has 0 heterocycles. The third-order valence-corrected chi connectivity index (χ3v) is 5.07. The number of esters is 2. The van der Waals surface area contributed by atoms with Gasteiger partial charge in [0.2, 0.25) is 0 Å². The van der Waals surface area contributed by atoms with Gasteiger partial charge in [0.1, 0.15) is 5.60 Å². The van der Waals surface area contributed by atoms with Gasteiger partial charge >= 0.3 is 11.9 Å². The number of benzene rings is 3. The van der Waals surface area contributed by atoms with Crippen molar-refractivity contribution in [1.82, 2.24) is 0 Å². The molecule has 0 aliphatic heterocycles. The first-order chi connectivity index (χ1) is 15.6. The zero-order valence-corrected chi connectivity index (χ0v) is 18.4. The monoisotopic (exact) mass is 432 g/mol. The molecule has 0 fully saturated rings. The van der Waals surface area contributed by atoms with Gasteiger partial charge in [-0.3, -0.25) is 4.79 Å². The molecular formula is C27H28O5. The Bertz CT molecular complexity index is 890. The summed E-state index contributed by atoms with van der Waals surface area (Å²) in [6, 6.07) is 29.0. The maximum absolute atomic E-state index is 12.9. The Balaban J connectivity index is 2.20. The quantitative estimate of drug-likeness (QED) is 0.338. The Kier molecular flexibility index (Phi) is 8.17. The van der Waals surface area contributed by atoms with Crippen molar-refractivity contribution in [1.29, 1.82) is 0 Å². The minimum absolute atomic E-state index is 0.177. The van der Waals surface area contributed by atoms with Crippen molar-refractivity contribution >= 4 is 11.9 Å². The summed E-state index contributed by atoms with van der Waals surface area (Å²) in [7, 11) is 0. The second-order valence-electron chi connectivity index (χ2n) is 7.15. The van der Waals surface area contributed by atoms with Crippen LogP contribution in [0, 0.1) is 0 Å². The topological polar surface area (TPSA) is 61.8 Å². The summed E-state index contributed by atoms with van der Waals surface area (Å²) in [5, 5.41) is 0.